The summed E-state index contributed by atoms with van der Waals surface area (Å²) >= 11 is 0. The lowest BCUT2D eigenvalue weighted by Crippen LogP contribution is -2.52. The first kappa shape index (κ1) is 44.8. The molecule has 1 unspecified atom stereocenters. The van der Waals surface area contributed by atoms with E-state index in [-0.39, 0.29) is 53.9 Å². The number of alkyl halides is 3. The van der Waals surface area contributed by atoms with Gasteiger partial charge in [-0.1, -0.05) is 58.4 Å². The minimum Gasteiger partial charge on any atom is -0.385 e. The van der Waals surface area contributed by atoms with Crippen LogP contribution in [0.3, 0.4) is 0 Å². The third-order valence-electron chi connectivity index (χ3n) is 11.5. The number of rotatable bonds is 20. The smallest absolute Gasteiger partial charge is 0.385 e. The Labute approximate surface area is 352 Å². The van der Waals surface area contributed by atoms with Gasteiger partial charge in [0.05, 0.1) is 22.5 Å². The highest BCUT2D eigenvalue weighted by molar-refractivity contribution is 6.06. The number of unbranched alkanes of at least 4 members (excludes halogenated alkanes) is 7. The number of carbonyl (C=O) groups is 6. The number of hydrogen-bond acceptors (Lipinski definition) is 9. The van der Waals surface area contributed by atoms with Gasteiger partial charge < -0.3 is 26.6 Å². The van der Waals surface area contributed by atoms with E-state index in [9.17, 15) is 41.9 Å². The molecule has 328 valence electrons. The summed E-state index contributed by atoms with van der Waals surface area (Å²) < 4.78 is 43.0. The molecule has 0 radical (unpaired) electrons. The molecule has 1 atom stereocenters. The van der Waals surface area contributed by atoms with Crippen LogP contribution < -0.4 is 27.0 Å². The number of Topliss-reactive ketones (excluding diaryl/α,β-unsaturated/α-hetero) is 1. The molecule has 17 heteroatoms. The third kappa shape index (κ3) is 11.0. The van der Waals surface area contributed by atoms with E-state index in [0.29, 0.717) is 50.1 Å². The zero-order valence-corrected chi connectivity index (χ0v) is 34.8. The topological polar surface area (TPSA) is 198 Å². The predicted molar refractivity (Wildman–Crippen MR) is 222 cm³/mol. The van der Waals surface area contributed by atoms with Gasteiger partial charge in [-0.25, -0.2) is 4.68 Å². The molecule has 1 fully saturated rings. The van der Waals surface area contributed by atoms with E-state index in [1.165, 1.54) is 18.2 Å². The molecule has 14 nitrogen and oxygen atoms in total. The van der Waals surface area contributed by atoms with Gasteiger partial charge in [0.25, 0.3) is 11.8 Å². The monoisotopic (exact) mass is 848 g/mol. The standard InChI is InChI=1S/C44H55F3N8O6/c1-43(2)24-34-38(35(56)25-43)39(44(45,46)47)53-55(34)27-16-17-29(40(48)59)32(23-27)50-21-12-22-51-36(57)15-9-7-5-3-4-6-8-10-20-49-31-14-11-13-28-30(31)26-54(42(28)61)33-18-19-37(58)52-41(33)60/h11,13-14,16-17,23,33,49-50H,3-10,12,15,18-22,24-26H2,1-2H3,(H2,48,59)(H,51,57)(H,52,58,60). The van der Waals surface area contributed by atoms with Crippen LogP contribution in [0.2, 0.25) is 0 Å². The Morgan fingerprint density at radius 2 is 1.57 bits per heavy atom. The van der Waals surface area contributed by atoms with Crippen LogP contribution in [0.15, 0.2) is 36.4 Å². The van der Waals surface area contributed by atoms with Gasteiger partial charge in [0.1, 0.15) is 6.04 Å². The number of ketones is 1. The number of fused-ring (bicyclic) bond motifs is 2. The second-order valence-corrected chi connectivity index (χ2v) is 17.0. The summed E-state index contributed by atoms with van der Waals surface area (Å²) in [7, 11) is 0. The lowest BCUT2D eigenvalue weighted by Gasteiger charge is -2.29. The van der Waals surface area contributed by atoms with E-state index in [1.54, 1.807) is 11.0 Å². The number of amides is 5. The van der Waals surface area contributed by atoms with Crippen LogP contribution in [0.25, 0.3) is 5.69 Å². The SMILES string of the molecule is CC1(C)CC(=O)c2c(C(F)(F)F)nn(-c3ccc(C(N)=O)c(NCCCNC(=O)CCCCCCCCCCNc4cccc5c4CN(C4CCC(=O)NC4=O)C5=O)c3)c2C1. The number of benzene rings is 2. The molecule has 0 bridgehead atoms. The fraction of sp³-hybridized carbons (Fsp3) is 0.523. The number of nitrogens with one attached hydrogen (secondary N) is 4. The molecule has 1 aliphatic carbocycles. The zero-order chi connectivity index (χ0) is 43.9. The maximum absolute atomic E-state index is 14.0. The van der Waals surface area contributed by atoms with Crippen molar-refractivity contribution in [1.82, 2.24) is 25.3 Å². The fourth-order valence-electron chi connectivity index (χ4n) is 8.46. The van der Waals surface area contributed by atoms with Crippen LogP contribution in [0, 0.1) is 5.41 Å². The summed E-state index contributed by atoms with van der Waals surface area (Å²) in [5.41, 5.74) is 6.65. The van der Waals surface area contributed by atoms with Crippen LogP contribution in [0.1, 0.15) is 145 Å². The molecule has 6 N–H and O–H groups in total. The molecule has 2 aliphatic heterocycles. The Morgan fingerprint density at radius 3 is 2.28 bits per heavy atom. The van der Waals surface area contributed by atoms with Gasteiger partial charge in [-0.3, -0.25) is 34.1 Å². The van der Waals surface area contributed by atoms with Gasteiger partial charge in [-0.05, 0) is 67.9 Å². The van der Waals surface area contributed by atoms with Crippen molar-refractivity contribution >= 4 is 46.7 Å². The number of halogens is 3. The number of nitrogens with zero attached hydrogens (tertiary/aromatic N) is 3. The number of anilines is 2. The van der Waals surface area contributed by atoms with Crippen LogP contribution >= 0.6 is 0 Å². The Hall–Kier alpha value is -5.74. The number of hydrogen-bond donors (Lipinski definition) is 5. The summed E-state index contributed by atoms with van der Waals surface area (Å²) in [6.07, 6.45) is 4.94. The van der Waals surface area contributed by atoms with Crippen LogP contribution in [0.5, 0.6) is 0 Å². The van der Waals surface area contributed by atoms with Crippen LogP contribution in [-0.2, 0) is 33.5 Å². The molecule has 5 amide bonds. The van der Waals surface area contributed by atoms with Gasteiger partial charge in [-0.2, -0.15) is 18.3 Å². The maximum atomic E-state index is 14.0. The quantitative estimate of drug-likeness (QED) is 0.0627. The van der Waals surface area contributed by atoms with Crippen molar-refractivity contribution in [3.8, 4) is 5.69 Å². The van der Waals surface area contributed by atoms with Gasteiger partial charge >= 0.3 is 6.18 Å². The number of carbonyl (C=O) groups excluding carboxylic acids is 6. The molecule has 1 aromatic heterocycles. The zero-order valence-electron chi connectivity index (χ0n) is 34.8. The van der Waals surface area contributed by atoms with E-state index in [2.05, 4.69) is 26.4 Å². The van der Waals surface area contributed by atoms with E-state index < -0.39 is 46.5 Å². The molecule has 3 aliphatic rings. The summed E-state index contributed by atoms with van der Waals surface area (Å²) in [5.74, 6) is -2.29. The summed E-state index contributed by atoms with van der Waals surface area (Å²) in [5, 5.41) is 15.7. The van der Waals surface area contributed by atoms with Gasteiger partial charge in [0.2, 0.25) is 17.7 Å². The summed E-state index contributed by atoms with van der Waals surface area (Å²) in [6.45, 7) is 5.47. The van der Waals surface area contributed by atoms with Crippen molar-refractivity contribution in [3.63, 3.8) is 0 Å². The molecule has 2 aromatic carbocycles. The molecule has 6 rings (SSSR count). The molecule has 0 saturated carbocycles. The van der Waals surface area contributed by atoms with Crippen molar-refractivity contribution in [3.05, 3.63) is 70.0 Å². The Balaban J connectivity index is 0.842. The van der Waals surface area contributed by atoms with Crippen molar-refractivity contribution in [2.75, 3.05) is 30.3 Å². The minimum absolute atomic E-state index is 0.0236. The van der Waals surface area contributed by atoms with Gasteiger partial charge in [-0.15, -0.1) is 0 Å². The van der Waals surface area contributed by atoms with Crippen LogP contribution in [0.4, 0.5) is 24.5 Å². The van der Waals surface area contributed by atoms with Gasteiger partial charge in [0.15, 0.2) is 11.5 Å². The summed E-state index contributed by atoms with van der Waals surface area (Å²) in [4.78, 5) is 76.1. The minimum atomic E-state index is -4.82. The largest absolute Gasteiger partial charge is 0.435 e. The van der Waals surface area contributed by atoms with E-state index in [1.807, 2.05) is 26.0 Å². The number of aromatic nitrogens is 2. The first-order valence-corrected chi connectivity index (χ1v) is 21.2. The first-order chi connectivity index (χ1) is 29.0. The molecule has 1 saturated heterocycles. The molecule has 0 spiro atoms. The first-order valence-electron chi connectivity index (χ1n) is 21.2. The van der Waals surface area contributed by atoms with Crippen molar-refractivity contribution in [1.29, 1.82) is 0 Å². The predicted octanol–water partition coefficient (Wildman–Crippen LogP) is 6.45. The lowest BCUT2D eigenvalue weighted by atomic mass is 9.75. The number of piperidine rings is 1. The highest BCUT2D eigenvalue weighted by atomic mass is 19.4. The maximum Gasteiger partial charge on any atom is 0.435 e. The van der Waals surface area contributed by atoms with Crippen molar-refractivity contribution < 1.29 is 41.9 Å². The van der Waals surface area contributed by atoms with E-state index >= 15 is 0 Å². The molecular formula is C44H55F3N8O6. The van der Waals surface area contributed by atoms with Crippen LogP contribution in [-0.4, -0.2) is 75.7 Å². The summed E-state index contributed by atoms with van der Waals surface area (Å²) in [6, 6.07) is 9.31. The third-order valence-corrected chi connectivity index (χ3v) is 11.5. The average Bonchev–Trinajstić information content (AvgIpc) is 3.74. The normalized spacial score (nSPS) is 17.2. The lowest BCUT2D eigenvalue weighted by molar-refractivity contribution is -0.142. The average molecular weight is 849 g/mol. The van der Waals surface area contributed by atoms with Gasteiger partial charge in [0, 0.05) is 67.9 Å². The second-order valence-electron chi connectivity index (χ2n) is 17.0. The van der Waals surface area contributed by atoms with Crippen molar-refractivity contribution in [2.45, 2.75) is 123 Å². The molecule has 61 heavy (non-hydrogen) atoms. The molecular weight excluding hydrogens is 794 g/mol. The highest BCUT2D eigenvalue weighted by Gasteiger charge is 2.45. The Kier molecular flexibility index (Phi) is 14.2. The van der Waals surface area contributed by atoms with Crippen molar-refractivity contribution in [2.24, 2.45) is 11.1 Å². The number of imide groups is 1. The Morgan fingerprint density at radius 1 is 0.885 bits per heavy atom. The Bertz CT molecular complexity index is 2170. The highest BCUT2D eigenvalue weighted by Crippen LogP contribution is 2.42. The second kappa shape index (κ2) is 19.3. The fourth-order valence-corrected chi connectivity index (χ4v) is 8.46. The number of nitrogens with two attached hydrogens (primary N) is 1. The molecule has 3 heterocycles. The van der Waals surface area contributed by atoms with E-state index in [0.717, 1.165) is 73.8 Å². The number of primary amides is 1. The molecule has 3 aromatic rings. The van der Waals surface area contributed by atoms with E-state index in [4.69, 9.17) is 5.73 Å².